The zero-order valence-electron chi connectivity index (χ0n) is 17.9. The predicted molar refractivity (Wildman–Crippen MR) is 114 cm³/mol. The van der Waals surface area contributed by atoms with E-state index >= 15 is 0 Å². The summed E-state index contributed by atoms with van der Waals surface area (Å²) in [5.41, 5.74) is 0.579. The van der Waals surface area contributed by atoms with E-state index in [4.69, 9.17) is 0 Å². The molecular weight excluding hydrogens is 369 g/mol. The molecule has 2 saturated carbocycles. The van der Waals surface area contributed by atoms with Gasteiger partial charge in [0, 0.05) is 0 Å². The minimum atomic E-state index is -1.36. The number of unbranched alkanes of at least 4 members (excludes halogenated alkanes) is 1. The largest absolute Gasteiger partial charge is 0.204 e. The van der Waals surface area contributed by atoms with Crippen molar-refractivity contribution in [3.05, 3.63) is 47.3 Å². The number of hydrogen-bond donors (Lipinski definition) is 0. The average molecular weight is 407 g/mol. The number of aryl methyl sites for hydroxylation is 1. The normalized spacial score (nSPS) is 28.1. The molecule has 2 aliphatic rings. The highest BCUT2D eigenvalue weighted by Crippen LogP contribution is 2.42. The van der Waals surface area contributed by atoms with Crippen LogP contribution in [0, 0.1) is 41.1 Å². The molecule has 0 aromatic heterocycles. The molecule has 162 valence electrons. The first-order valence-corrected chi connectivity index (χ1v) is 11.8. The molecule has 0 bridgehead atoms. The van der Waals surface area contributed by atoms with E-state index in [0.717, 1.165) is 36.3 Å². The average Bonchev–Trinajstić information content (AvgIpc) is 2.74. The Kier molecular flexibility index (Phi) is 8.68. The summed E-state index contributed by atoms with van der Waals surface area (Å²) in [6, 6.07) is 2.31. The Morgan fingerprint density at radius 2 is 1.34 bits per heavy atom. The predicted octanol–water partition coefficient (Wildman–Crippen LogP) is 8.40. The summed E-state index contributed by atoms with van der Waals surface area (Å²) < 4.78 is 39.8. The molecule has 0 nitrogen and oxygen atoms in total. The Morgan fingerprint density at radius 3 is 1.90 bits per heavy atom. The number of hydrogen-bond acceptors (Lipinski definition) is 0. The Hall–Kier alpha value is -1.25. The molecule has 1 aromatic rings. The quantitative estimate of drug-likeness (QED) is 0.300. The minimum Gasteiger partial charge on any atom is -0.204 e. The summed E-state index contributed by atoms with van der Waals surface area (Å²) in [6.45, 7) is 2.23. The van der Waals surface area contributed by atoms with Crippen LogP contribution in [0.25, 0.3) is 0 Å². The Bertz CT molecular complexity index is 627. The van der Waals surface area contributed by atoms with Gasteiger partial charge >= 0.3 is 0 Å². The maximum Gasteiger partial charge on any atom is 0.194 e. The van der Waals surface area contributed by atoms with E-state index < -0.39 is 17.5 Å². The number of benzene rings is 1. The van der Waals surface area contributed by atoms with Crippen molar-refractivity contribution in [1.82, 2.24) is 0 Å². The first-order chi connectivity index (χ1) is 14.1. The summed E-state index contributed by atoms with van der Waals surface area (Å²) in [5, 5.41) is 0. The summed E-state index contributed by atoms with van der Waals surface area (Å²) in [7, 11) is 0. The van der Waals surface area contributed by atoms with Crippen LogP contribution < -0.4 is 0 Å². The molecule has 0 heterocycles. The first-order valence-electron chi connectivity index (χ1n) is 11.8. The van der Waals surface area contributed by atoms with Crippen molar-refractivity contribution in [2.45, 2.75) is 90.4 Å². The third-order valence-corrected chi connectivity index (χ3v) is 7.43. The smallest absolute Gasteiger partial charge is 0.194 e. The lowest BCUT2D eigenvalue weighted by molar-refractivity contribution is 0.144. The molecule has 0 spiro atoms. The van der Waals surface area contributed by atoms with Crippen LogP contribution in [0.3, 0.4) is 0 Å². The topological polar surface area (TPSA) is 0 Å². The van der Waals surface area contributed by atoms with E-state index in [-0.39, 0.29) is 0 Å². The highest BCUT2D eigenvalue weighted by atomic mass is 19.2. The lowest BCUT2D eigenvalue weighted by Crippen LogP contribution is -2.26. The lowest BCUT2D eigenvalue weighted by atomic mass is 9.68. The molecule has 3 heteroatoms. The molecule has 0 amide bonds. The molecule has 0 N–H and O–H groups in total. The van der Waals surface area contributed by atoms with Gasteiger partial charge in [0.15, 0.2) is 17.5 Å². The van der Waals surface area contributed by atoms with Crippen LogP contribution in [0.15, 0.2) is 24.3 Å². The monoisotopic (exact) mass is 406 g/mol. The van der Waals surface area contributed by atoms with Crippen molar-refractivity contribution in [3.8, 4) is 0 Å². The fraction of sp³-hybridized carbons (Fsp3) is 0.692. The SMILES string of the molecule is CCC/C=C/C[C@H]1CC[C@H]([C@H]2CC[C@H](CCc3cc(F)c(F)c(F)c3)CC2)CC1. The fourth-order valence-corrected chi connectivity index (χ4v) is 5.54. The molecule has 0 unspecified atom stereocenters. The van der Waals surface area contributed by atoms with E-state index in [9.17, 15) is 13.2 Å². The molecule has 1 aromatic carbocycles. The highest BCUT2D eigenvalue weighted by molar-refractivity contribution is 5.19. The molecule has 0 aliphatic heterocycles. The highest BCUT2D eigenvalue weighted by Gasteiger charge is 2.30. The van der Waals surface area contributed by atoms with Gasteiger partial charge in [-0.2, -0.15) is 0 Å². The first kappa shape index (κ1) is 22.4. The van der Waals surface area contributed by atoms with E-state index in [1.807, 2.05) is 0 Å². The van der Waals surface area contributed by atoms with E-state index in [1.54, 1.807) is 0 Å². The summed E-state index contributed by atoms with van der Waals surface area (Å²) >= 11 is 0. The van der Waals surface area contributed by atoms with Gasteiger partial charge in [0.25, 0.3) is 0 Å². The number of rotatable bonds is 8. The van der Waals surface area contributed by atoms with Crippen LogP contribution >= 0.6 is 0 Å². The Labute approximate surface area is 175 Å². The molecule has 2 fully saturated rings. The molecule has 0 atom stereocenters. The van der Waals surface area contributed by atoms with Crippen LogP contribution in [0.1, 0.15) is 89.5 Å². The van der Waals surface area contributed by atoms with Crippen molar-refractivity contribution < 1.29 is 13.2 Å². The van der Waals surface area contributed by atoms with Crippen molar-refractivity contribution in [2.24, 2.45) is 23.7 Å². The molecule has 2 aliphatic carbocycles. The molecule has 29 heavy (non-hydrogen) atoms. The third-order valence-electron chi connectivity index (χ3n) is 7.43. The summed E-state index contributed by atoms with van der Waals surface area (Å²) in [4.78, 5) is 0. The zero-order chi connectivity index (χ0) is 20.6. The molecular formula is C26H37F3. The van der Waals surface area contributed by atoms with Gasteiger partial charge in [-0.1, -0.05) is 38.3 Å². The second-order valence-electron chi connectivity index (χ2n) is 9.47. The lowest BCUT2D eigenvalue weighted by Gasteiger charge is -2.37. The van der Waals surface area contributed by atoms with Gasteiger partial charge in [0.05, 0.1) is 0 Å². The van der Waals surface area contributed by atoms with E-state index in [2.05, 4.69) is 19.1 Å². The van der Waals surface area contributed by atoms with Gasteiger partial charge in [0.2, 0.25) is 0 Å². The summed E-state index contributed by atoms with van der Waals surface area (Å²) in [6.07, 6.45) is 20.7. The second kappa shape index (κ2) is 11.2. The van der Waals surface area contributed by atoms with E-state index in [1.165, 1.54) is 70.6 Å². The Balaban J connectivity index is 1.36. The van der Waals surface area contributed by atoms with Gasteiger partial charge in [-0.3, -0.25) is 0 Å². The fourth-order valence-electron chi connectivity index (χ4n) is 5.54. The van der Waals surface area contributed by atoms with Crippen LogP contribution in [0.5, 0.6) is 0 Å². The third kappa shape index (κ3) is 6.62. The second-order valence-corrected chi connectivity index (χ2v) is 9.47. The van der Waals surface area contributed by atoms with Crippen molar-refractivity contribution in [1.29, 1.82) is 0 Å². The molecule has 0 radical (unpaired) electrons. The molecule has 3 rings (SSSR count). The van der Waals surface area contributed by atoms with Crippen LogP contribution in [0.2, 0.25) is 0 Å². The minimum absolute atomic E-state index is 0.579. The summed E-state index contributed by atoms with van der Waals surface area (Å²) in [5.74, 6) is -0.174. The van der Waals surface area contributed by atoms with Gasteiger partial charge in [0.1, 0.15) is 0 Å². The van der Waals surface area contributed by atoms with E-state index in [0.29, 0.717) is 17.9 Å². The van der Waals surface area contributed by atoms with Gasteiger partial charge in [-0.25, -0.2) is 13.2 Å². The van der Waals surface area contributed by atoms with Crippen molar-refractivity contribution in [3.63, 3.8) is 0 Å². The maximum atomic E-state index is 13.4. The number of allylic oxidation sites excluding steroid dienone is 2. The maximum absolute atomic E-state index is 13.4. The van der Waals surface area contributed by atoms with Gasteiger partial charge in [-0.05, 0) is 106 Å². The van der Waals surface area contributed by atoms with Gasteiger partial charge in [-0.15, -0.1) is 0 Å². The van der Waals surface area contributed by atoms with Crippen molar-refractivity contribution >= 4 is 0 Å². The standard InChI is InChI=1S/C26H37F3/c1-2-3-4-5-6-19-9-13-22(14-10-19)23-15-11-20(12-16-23)7-8-21-17-24(27)26(29)25(28)18-21/h4-5,17-20,22-23H,2-3,6-16H2,1H3/b5-4+/t19-,20-,22-,23-. The van der Waals surface area contributed by atoms with Gasteiger partial charge < -0.3 is 0 Å². The van der Waals surface area contributed by atoms with Crippen LogP contribution in [0.4, 0.5) is 13.2 Å². The Morgan fingerprint density at radius 1 is 0.793 bits per heavy atom. The van der Waals surface area contributed by atoms with Crippen molar-refractivity contribution in [2.75, 3.05) is 0 Å². The molecule has 0 saturated heterocycles. The number of halogens is 3. The zero-order valence-corrected chi connectivity index (χ0v) is 17.9. The van der Waals surface area contributed by atoms with Crippen LogP contribution in [-0.2, 0) is 6.42 Å². The van der Waals surface area contributed by atoms with Crippen LogP contribution in [-0.4, -0.2) is 0 Å².